The quantitative estimate of drug-likeness (QED) is 0.706. The summed E-state index contributed by atoms with van der Waals surface area (Å²) in [5.41, 5.74) is 3.13. The molecule has 1 amide bonds. The first-order chi connectivity index (χ1) is 11.6. The summed E-state index contributed by atoms with van der Waals surface area (Å²) in [5, 5.41) is 4.16. The molecule has 0 saturated heterocycles. The highest BCUT2D eigenvalue weighted by atomic mass is 16.1. The number of carbonyl (C=O) groups excluding carboxylic acids is 1. The molecule has 0 aliphatic rings. The molecule has 2 heterocycles. The predicted molar refractivity (Wildman–Crippen MR) is 96.5 cm³/mol. The van der Waals surface area contributed by atoms with Gasteiger partial charge in [0, 0.05) is 41.6 Å². The number of rotatable bonds is 5. The molecule has 0 spiro atoms. The van der Waals surface area contributed by atoms with Gasteiger partial charge in [0.1, 0.15) is 5.82 Å². The number of aromatic amines is 1. The van der Waals surface area contributed by atoms with Crippen molar-refractivity contribution in [1.29, 1.82) is 0 Å². The van der Waals surface area contributed by atoms with Crippen LogP contribution in [-0.4, -0.2) is 20.4 Å². The van der Waals surface area contributed by atoms with Crippen molar-refractivity contribution in [2.24, 2.45) is 7.05 Å². The molecule has 5 nitrogen and oxygen atoms in total. The van der Waals surface area contributed by atoms with Crippen molar-refractivity contribution in [1.82, 2.24) is 19.9 Å². The number of imidazole rings is 1. The molecule has 2 aromatic heterocycles. The molecule has 0 bridgehead atoms. The Morgan fingerprint density at radius 2 is 2.21 bits per heavy atom. The molecule has 0 aliphatic heterocycles. The highest BCUT2D eigenvalue weighted by Crippen LogP contribution is 2.19. The third kappa shape index (κ3) is 3.25. The molecule has 0 fully saturated rings. The smallest absolute Gasteiger partial charge is 0.244 e. The topological polar surface area (TPSA) is 62.7 Å². The van der Waals surface area contributed by atoms with Gasteiger partial charge in [-0.05, 0) is 31.6 Å². The SMILES string of the molecule is CCC(NC(=O)/C=C/c1cc2ccccc2n1C)c1ncc(C)[nH]1. The number of nitrogens with one attached hydrogen (secondary N) is 2. The van der Waals surface area contributed by atoms with Crippen LogP contribution in [0.25, 0.3) is 17.0 Å². The van der Waals surface area contributed by atoms with Crippen LogP contribution in [0.2, 0.25) is 0 Å². The lowest BCUT2D eigenvalue weighted by molar-refractivity contribution is -0.117. The molecule has 24 heavy (non-hydrogen) atoms. The maximum absolute atomic E-state index is 12.2. The Bertz CT molecular complexity index is 888. The highest BCUT2D eigenvalue weighted by molar-refractivity contribution is 5.93. The number of fused-ring (bicyclic) bond motifs is 1. The normalized spacial score (nSPS) is 12.8. The molecule has 3 aromatic rings. The predicted octanol–water partition coefficient (Wildman–Crippen LogP) is 3.49. The summed E-state index contributed by atoms with van der Waals surface area (Å²) in [5.74, 6) is 0.669. The standard InChI is InChI=1S/C19H22N4O/c1-4-16(19-20-12-13(2)21-19)22-18(24)10-9-15-11-14-7-5-6-8-17(14)23(15)3/h5-12,16H,4H2,1-3H3,(H,20,21)(H,22,24)/b10-9+. The molecule has 1 unspecified atom stereocenters. The van der Waals surface area contributed by atoms with Gasteiger partial charge in [-0.25, -0.2) is 4.98 Å². The third-order valence-electron chi connectivity index (χ3n) is 4.17. The molecule has 3 rings (SSSR count). The van der Waals surface area contributed by atoms with E-state index in [1.807, 2.05) is 39.1 Å². The summed E-state index contributed by atoms with van der Waals surface area (Å²) in [6, 6.07) is 10.1. The summed E-state index contributed by atoms with van der Waals surface area (Å²) in [6.07, 6.45) is 5.97. The van der Waals surface area contributed by atoms with Gasteiger partial charge in [0.05, 0.1) is 6.04 Å². The fourth-order valence-electron chi connectivity index (χ4n) is 2.82. The van der Waals surface area contributed by atoms with Crippen LogP contribution in [-0.2, 0) is 11.8 Å². The van der Waals surface area contributed by atoms with E-state index in [4.69, 9.17) is 0 Å². The Kier molecular flexibility index (Phi) is 4.51. The van der Waals surface area contributed by atoms with E-state index in [-0.39, 0.29) is 11.9 Å². The average molecular weight is 322 g/mol. The minimum Gasteiger partial charge on any atom is -0.344 e. The third-order valence-corrected chi connectivity index (χ3v) is 4.17. The van der Waals surface area contributed by atoms with Crippen LogP contribution in [0.4, 0.5) is 0 Å². The van der Waals surface area contributed by atoms with Crippen LogP contribution in [0.15, 0.2) is 42.6 Å². The number of amides is 1. The Morgan fingerprint density at radius 1 is 1.42 bits per heavy atom. The lowest BCUT2D eigenvalue weighted by Crippen LogP contribution is -2.27. The van der Waals surface area contributed by atoms with E-state index in [2.05, 4.69) is 38.1 Å². The number of nitrogens with zero attached hydrogens (tertiary/aromatic N) is 2. The zero-order valence-electron chi connectivity index (χ0n) is 14.2. The second-order valence-electron chi connectivity index (χ2n) is 5.94. The van der Waals surface area contributed by atoms with Gasteiger partial charge in [-0.15, -0.1) is 0 Å². The first kappa shape index (κ1) is 16.1. The van der Waals surface area contributed by atoms with Crippen molar-refractivity contribution in [3.63, 3.8) is 0 Å². The molecule has 0 radical (unpaired) electrons. The maximum atomic E-state index is 12.2. The summed E-state index contributed by atoms with van der Waals surface area (Å²) < 4.78 is 2.08. The average Bonchev–Trinajstić information content (AvgIpc) is 3.15. The van der Waals surface area contributed by atoms with Crippen molar-refractivity contribution in [2.75, 3.05) is 0 Å². The Hall–Kier alpha value is -2.82. The first-order valence-electron chi connectivity index (χ1n) is 8.13. The summed E-state index contributed by atoms with van der Waals surface area (Å²) >= 11 is 0. The zero-order chi connectivity index (χ0) is 17.1. The Labute approximate surface area is 141 Å². The van der Waals surface area contributed by atoms with E-state index in [1.165, 1.54) is 0 Å². The van der Waals surface area contributed by atoms with Gasteiger partial charge in [0.15, 0.2) is 0 Å². The van der Waals surface area contributed by atoms with Gasteiger partial charge in [0.2, 0.25) is 5.91 Å². The molecule has 0 saturated carbocycles. The van der Waals surface area contributed by atoms with E-state index in [1.54, 1.807) is 12.3 Å². The Balaban J connectivity index is 1.73. The number of benzene rings is 1. The fourth-order valence-corrected chi connectivity index (χ4v) is 2.82. The monoisotopic (exact) mass is 322 g/mol. The van der Waals surface area contributed by atoms with Gasteiger partial charge in [-0.3, -0.25) is 4.79 Å². The van der Waals surface area contributed by atoms with E-state index >= 15 is 0 Å². The van der Waals surface area contributed by atoms with Crippen LogP contribution >= 0.6 is 0 Å². The largest absolute Gasteiger partial charge is 0.344 e. The molecular formula is C19H22N4O. The lowest BCUT2D eigenvalue weighted by Gasteiger charge is -2.13. The minimum absolute atomic E-state index is 0.108. The van der Waals surface area contributed by atoms with Crippen LogP contribution < -0.4 is 5.32 Å². The highest BCUT2D eigenvalue weighted by Gasteiger charge is 2.14. The van der Waals surface area contributed by atoms with Crippen LogP contribution in [0.1, 0.15) is 36.6 Å². The Morgan fingerprint density at radius 3 is 2.88 bits per heavy atom. The molecule has 5 heteroatoms. The van der Waals surface area contributed by atoms with Gasteiger partial charge in [0.25, 0.3) is 0 Å². The molecule has 2 N–H and O–H groups in total. The molecule has 1 atom stereocenters. The van der Waals surface area contributed by atoms with Gasteiger partial charge in [-0.1, -0.05) is 25.1 Å². The molecule has 0 aliphatic carbocycles. The van der Waals surface area contributed by atoms with Crippen molar-refractivity contribution in [3.8, 4) is 0 Å². The number of hydrogen-bond donors (Lipinski definition) is 2. The molecular weight excluding hydrogens is 300 g/mol. The number of carbonyl (C=O) groups is 1. The van der Waals surface area contributed by atoms with Crippen LogP contribution in [0.3, 0.4) is 0 Å². The van der Waals surface area contributed by atoms with E-state index in [0.29, 0.717) is 0 Å². The van der Waals surface area contributed by atoms with E-state index < -0.39 is 0 Å². The van der Waals surface area contributed by atoms with E-state index in [9.17, 15) is 4.79 Å². The van der Waals surface area contributed by atoms with Crippen LogP contribution in [0.5, 0.6) is 0 Å². The number of hydrogen-bond acceptors (Lipinski definition) is 2. The fraction of sp³-hybridized carbons (Fsp3) is 0.263. The number of H-pyrrole nitrogens is 1. The zero-order valence-corrected chi connectivity index (χ0v) is 14.2. The van der Waals surface area contributed by atoms with Crippen molar-refractivity contribution >= 4 is 22.9 Å². The second-order valence-corrected chi connectivity index (χ2v) is 5.94. The second kappa shape index (κ2) is 6.74. The summed E-state index contributed by atoms with van der Waals surface area (Å²) in [4.78, 5) is 19.7. The number of aromatic nitrogens is 3. The number of para-hydroxylation sites is 1. The number of aryl methyl sites for hydroxylation is 2. The summed E-state index contributed by atoms with van der Waals surface area (Å²) in [7, 11) is 2.00. The van der Waals surface area contributed by atoms with Gasteiger partial charge >= 0.3 is 0 Å². The van der Waals surface area contributed by atoms with Crippen LogP contribution in [0, 0.1) is 6.92 Å². The summed E-state index contributed by atoms with van der Waals surface area (Å²) in [6.45, 7) is 3.97. The first-order valence-corrected chi connectivity index (χ1v) is 8.13. The minimum atomic E-state index is -0.124. The molecule has 124 valence electrons. The van der Waals surface area contributed by atoms with Gasteiger partial charge in [-0.2, -0.15) is 0 Å². The maximum Gasteiger partial charge on any atom is 0.244 e. The van der Waals surface area contributed by atoms with Crippen molar-refractivity contribution < 1.29 is 4.79 Å². The van der Waals surface area contributed by atoms with Crippen molar-refractivity contribution in [2.45, 2.75) is 26.3 Å². The van der Waals surface area contributed by atoms with E-state index in [0.717, 1.165) is 34.5 Å². The molecule has 1 aromatic carbocycles. The lowest BCUT2D eigenvalue weighted by atomic mass is 10.2. The van der Waals surface area contributed by atoms with Crippen molar-refractivity contribution in [3.05, 3.63) is 59.8 Å². The van der Waals surface area contributed by atoms with Gasteiger partial charge < -0.3 is 14.9 Å².